The normalized spacial score (nSPS) is 10.9. The Morgan fingerprint density at radius 2 is 1.39 bits per heavy atom. The lowest BCUT2D eigenvalue weighted by Gasteiger charge is -2.09. The van der Waals surface area contributed by atoms with E-state index in [0.717, 1.165) is 57.8 Å². The second kappa shape index (κ2) is 10.8. The second-order valence-corrected chi connectivity index (χ2v) is 8.68. The molecule has 5 heteroatoms. The van der Waals surface area contributed by atoms with Crippen LogP contribution in [-0.4, -0.2) is 17.1 Å². The standard InChI is InChI=1S/C31H28N2O3/c32-31(34)21-25-22-33(18-7-19-35-26-8-3-1-4-9-26)30-17-14-24(20-29(25)30)23-12-15-28(16-13-23)36-27-10-5-2-6-11-27/h1-6,8-17,20,22H,7,18-19,21H2,(H2,32,34). The third-order valence-electron chi connectivity index (χ3n) is 6.05. The third-order valence-corrected chi connectivity index (χ3v) is 6.05. The van der Waals surface area contributed by atoms with Gasteiger partial charge < -0.3 is 19.8 Å². The van der Waals surface area contributed by atoms with Crippen LogP contribution in [0.5, 0.6) is 17.2 Å². The Morgan fingerprint density at radius 1 is 0.750 bits per heavy atom. The molecule has 0 atom stereocenters. The highest BCUT2D eigenvalue weighted by Gasteiger charge is 2.12. The first-order valence-corrected chi connectivity index (χ1v) is 12.1. The van der Waals surface area contributed by atoms with E-state index in [1.165, 1.54) is 0 Å². The van der Waals surface area contributed by atoms with Crippen LogP contribution in [-0.2, 0) is 17.8 Å². The molecule has 1 amide bonds. The molecule has 0 bridgehead atoms. The second-order valence-electron chi connectivity index (χ2n) is 8.68. The molecule has 5 aromatic rings. The summed E-state index contributed by atoms with van der Waals surface area (Å²) in [5.74, 6) is 2.12. The summed E-state index contributed by atoms with van der Waals surface area (Å²) >= 11 is 0. The van der Waals surface area contributed by atoms with Gasteiger partial charge in [0, 0.05) is 23.6 Å². The molecule has 180 valence electrons. The van der Waals surface area contributed by atoms with Gasteiger partial charge in [-0.15, -0.1) is 0 Å². The fraction of sp³-hybridized carbons (Fsp3) is 0.129. The Balaban J connectivity index is 1.34. The molecule has 0 aliphatic heterocycles. The zero-order chi connectivity index (χ0) is 24.7. The predicted octanol–water partition coefficient (Wildman–Crippen LogP) is 6.60. The third kappa shape index (κ3) is 5.58. The van der Waals surface area contributed by atoms with E-state index in [4.69, 9.17) is 15.2 Å². The van der Waals surface area contributed by atoms with Crippen molar-refractivity contribution >= 4 is 16.8 Å². The first-order valence-electron chi connectivity index (χ1n) is 12.1. The summed E-state index contributed by atoms with van der Waals surface area (Å²) in [4.78, 5) is 11.8. The van der Waals surface area contributed by atoms with Crippen molar-refractivity contribution in [1.29, 1.82) is 0 Å². The topological polar surface area (TPSA) is 66.5 Å². The maximum absolute atomic E-state index is 11.8. The van der Waals surface area contributed by atoms with Gasteiger partial charge in [0.15, 0.2) is 0 Å². The van der Waals surface area contributed by atoms with Crippen LogP contribution in [0.1, 0.15) is 12.0 Å². The number of hydrogen-bond acceptors (Lipinski definition) is 3. The van der Waals surface area contributed by atoms with Crippen LogP contribution in [0.25, 0.3) is 22.0 Å². The molecule has 0 radical (unpaired) electrons. The summed E-state index contributed by atoms with van der Waals surface area (Å²) in [6.07, 6.45) is 3.09. The highest BCUT2D eigenvalue weighted by atomic mass is 16.5. The molecule has 0 unspecified atom stereocenters. The van der Waals surface area contributed by atoms with Gasteiger partial charge in [-0.2, -0.15) is 0 Å². The van der Waals surface area contributed by atoms with Gasteiger partial charge >= 0.3 is 0 Å². The molecular weight excluding hydrogens is 448 g/mol. The zero-order valence-corrected chi connectivity index (χ0v) is 20.0. The van der Waals surface area contributed by atoms with Gasteiger partial charge in [0.25, 0.3) is 0 Å². The van der Waals surface area contributed by atoms with Gasteiger partial charge in [0.05, 0.1) is 13.0 Å². The van der Waals surface area contributed by atoms with E-state index in [-0.39, 0.29) is 12.3 Å². The summed E-state index contributed by atoms with van der Waals surface area (Å²) in [5, 5.41) is 1.04. The van der Waals surface area contributed by atoms with Gasteiger partial charge in [-0.25, -0.2) is 0 Å². The van der Waals surface area contributed by atoms with Crippen molar-refractivity contribution in [1.82, 2.24) is 4.57 Å². The van der Waals surface area contributed by atoms with Gasteiger partial charge in [0.1, 0.15) is 17.2 Å². The number of rotatable bonds is 10. The van der Waals surface area contributed by atoms with Crippen LogP contribution in [0.2, 0.25) is 0 Å². The number of aromatic nitrogens is 1. The highest BCUT2D eigenvalue weighted by Crippen LogP contribution is 2.30. The lowest BCUT2D eigenvalue weighted by molar-refractivity contribution is -0.117. The molecule has 1 aromatic heterocycles. The minimum Gasteiger partial charge on any atom is -0.494 e. The lowest BCUT2D eigenvalue weighted by Crippen LogP contribution is -2.13. The molecule has 0 saturated heterocycles. The molecule has 2 N–H and O–H groups in total. The van der Waals surface area contributed by atoms with Gasteiger partial charge in [0.2, 0.25) is 5.91 Å². The largest absolute Gasteiger partial charge is 0.494 e. The number of amides is 1. The first-order chi connectivity index (χ1) is 17.7. The lowest BCUT2D eigenvalue weighted by atomic mass is 10.0. The van der Waals surface area contributed by atoms with Crippen molar-refractivity contribution in [3.05, 3.63) is 115 Å². The minimum absolute atomic E-state index is 0.206. The van der Waals surface area contributed by atoms with E-state index in [1.807, 2.05) is 91.1 Å². The molecule has 0 aliphatic carbocycles. The van der Waals surface area contributed by atoms with Crippen molar-refractivity contribution in [2.24, 2.45) is 5.73 Å². The number of carbonyl (C=O) groups excluding carboxylic acids is 1. The summed E-state index contributed by atoms with van der Waals surface area (Å²) in [6.45, 7) is 1.40. The SMILES string of the molecule is NC(=O)Cc1cn(CCCOc2ccccc2)c2ccc(-c3ccc(Oc4ccccc4)cc3)cc12. The van der Waals surface area contributed by atoms with Crippen LogP contribution in [0.3, 0.4) is 0 Å². The Kier molecular flexibility index (Phi) is 6.99. The van der Waals surface area contributed by atoms with E-state index >= 15 is 0 Å². The van der Waals surface area contributed by atoms with Gasteiger partial charge in [-0.3, -0.25) is 4.79 Å². The van der Waals surface area contributed by atoms with Crippen LogP contribution in [0, 0.1) is 0 Å². The number of nitrogens with two attached hydrogens (primary N) is 1. The quantitative estimate of drug-likeness (QED) is 0.231. The summed E-state index contributed by atoms with van der Waals surface area (Å²) < 4.78 is 13.9. The first kappa shape index (κ1) is 23.2. The highest BCUT2D eigenvalue weighted by molar-refractivity contribution is 5.92. The van der Waals surface area contributed by atoms with E-state index in [1.54, 1.807) is 0 Å². The molecule has 36 heavy (non-hydrogen) atoms. The predicted molar refractivity (Wildman–Crippen MR) is 143 cm³/mol. The number of aryl methyl sites for hydroxylation is 1. The molecule has 0 saturated carbocycles. The van der Waals surface area contributed by atoms with Gasteiger partial charge in [-0.1, -0.05) is 54.6 Å². The molecule has 0 spiro atoms. The maximum atomic E-state index is 11.8. The van der Waals surface area contributed by atoms with Crippen LogP contribution in [0.15, 0.2) is 109 Å². The van der Waals surface area contributed by atoms with E-state index < -0.39 is 0 Å². The smallest absolute Gasteiger partial charge is 0.221 e. The average Bonchev–Trinajstić information content (AvgIpc) is 3.24. The summed E-state index contributed by atoms with van der Waals surface area (Å²) in [5.41, 5.74) is 9.73. The number of benzene rings is 4. The average molecular weight is 477 g/mol. The molecule has 0 fully saturated rings. The van der Waals surface area contributed by atoms with E-state index in [9.17, 15) is 4.79 Å². The van der Waals surface area contributed by atoms with Crippen molar-refractivity contribution in [2.75, 3.05) is 6.61 Å². The number of hydrogen-bond donors (Lipinski definition) is 1. The van der Waals surface area contributed by atoms with E-state index in [0.29, 0.717) is 6.61 Å². The Bertz CT molecular complexity index is 1440. The molecule has 4 aromatic carbocycles. The monoisotopic (exact) mass is 476 g/mol. The number of ether oxygens (including phenoxy) is 2. The van der Waals surface area contributed by atoms with Crippen molar-refractivity contribution in [3.63, 3.8) is 0 Å². The summed E-state index contributed by atoms with van der Waals surface area (Å²) in [7, 11) is 0. The fourth-order valence-electron chi connectivity index (χ4n) is 4.35. The Labute approximate surface area is 210 Å². The number of primary amides is 1. The summed E-state index contributed by atoms with van der Waals surface area (Å²) in [6, 6.07) is 33.9. The molecular formula is C31H28N2O3. The van der Waals surface area contributed by atoms with Gasteiger partial charge in [-0.05, 0) is 71.6 Å². The Hall–Kier alpha value is -4.51. The van der Waals surface area contributed by atoms with Crippen LogP contribution >= 0.6 is 0 Å². The maximum Gasteiger partial charge on any atom is 0.221 e. The fourth-order valence-corrected chi connectivity index (χ4v) is 4.35. The number of para-hydroxylation sites is 2. The van der Waals surface area contributed by atoms with Crippen molar-refractivity contribution in [3.8, 4) is 28.4 Å². The number of carbonyl (C=O) groups is 1. The zero-order valence-electron chi connectivity index (χ0n) is 20.0. The van der Waals surface area contributed by atoms with Crippen LogP contribution < -0.4 is 15.2 Å². The molecule has 1 heterocycles. The van der Waals surface area contributed by atoms with Crippen molar-refractivity contribution < 1.29 is 14.3 Å². The molecule has 5 nitrogen and oxygen atoms in total. The molecule has 5 rings (SSSR count). The Morgan fingerprint density at radius 3 is 2.08 bits per heavy atom. The van der Waals surface area contributed by atoms with Crippen molar-refractivity contribution in [2.45, 2.75) is 19.4 Å². The van der Waals surface area contributed by atoms with Crippen LogP contribution in [0.4, 0.5) is 0 Å². The minimum atomic E-state index is -0.339. The number of nitrogens with zero attached hydrogens (tertiary/aromatic N) is 1. The van der Waals surface area contributed by atoms with E-state index in [2.05, 4.69) is 22.8 Å². The number of fused-ring (bicyclic) bond motifs is 1. The molecule has 0 aliphatic rings.